The summed E-state index contributed by atoms with van der Waals surface area (Å²) in [6, 6.07) is 7.66. The number of halogens is 1. The maximum Gasteiger partial charge on any atom is 0.184 e. The van der Waals surface area contributed by atoms with Crippen molar-refractivity contribution in [3.8, 4) is 5.75 Å². The third-order valence-electron chi connectivity index (χ3n) is 1.82. The molecule has 0 saturated heterocycles. The first-order valence-corrected chi connectivity index (χ1v) is 4.59. The van der Waals surface area contributed by atoms with E-state index in [9.17, 15) is 0 Å². The molecule has 0 aromatic heterocycles. The number of benzene rings is 1. The number of methoxy groups -OCH3 is 1. The first-order valence-electron chi connectivity index (χ1n) is 4.59. The maximum atomic E-state index is 7.49. The highest BCUT2D eigenvalue weighted by Crippen LogP contribution is 2.13. The van der Waals surface area contributed by atoms with Gasteiger partial charge in [0, 0.05) is 6.42 Å². The molecule has 15 heavy (non-hydrogen) atoms. The molecular weight excluding hydrogens is 214 g/mol. The van der Waals surface area contributed by atoms with E-state index in [-0.39, 0.29) is 12.4 Å². The minimum atomic E-state index is 0. The van der Waals surface area contributed by atoms with Gasteiger partial charge in [-0.25, -0.2) is 0 Å². The summed E-state index contributed by atoms with van der Waals surface area (Å²) in [7, 11) is 1.63. The van der Waals surface area contributed by atoms with Crippen LogP contribution in [0.15, 0.2) is 24.3 Å². The normalized spacial score (nSPS) is 8.93. The van der Waals surface area contributed by atoms with Gasteiger partial charge >= 0.3 is 0 Å². The van der Waals surface area contributed by atoms with Gasteiger partial charge in [-0.1, -0.05) is 12.1 Å². The van der Waals surface area contributed by atoms with Crippen LogP contribution in [0.3, 0.4) is 0 Å². The van der Waals surface area contributed by atoms with Gasteiger partial charge in [0.05, 0.1) is 13.7 Å². The van der Waals surface area contributed by atoms with E-state index in [0.29, 0.717) is 18.9 Å². The minimum absolute atomic E-state index is 0. The summed E-state index contributed by atoms with van der Waals surface area (Å²) in [4.78, 5) is 0. The average Bonchev–Trinajstić information content (AvgIpc) is 2.18. The van der Waals surface area contributed by atoms with Crippen LogP contribution < -0.4 is 4.74 Å². The molecule has 0 aliphatic heterocycles. The Labute approximate surface area is 96.3 Å². The van der Waals surface area contributed by atoms with Gasteiger partial charge in [-0.15, -0.1) is 12.4 Å². The first kappa shape index (κ1) is 13.8. The van der Waals surface area contributed by atoms with E-state index in [0.717, 1.165) is 11.3 Å². The van der Waals surface area contributed by atoms with Crippen LogP contribution in [-0.2, 0) is 11.2 Å². The molecule has 0 atom stereocenters. The van der Waals surface area contributed by atoms with Gasteiger partial charge < -0.3 is 9.47 Å². The minimum Gasteiger partial charge on any atom is -0.497 e. The lowest BCUT2D eigenvalue weighted by atomic mass is 10.1. The first-order chi connectivity index (χ1) is 6.76. The van der Waals surface area contributed by atoms with Crippen molar-refractivity contribution in [3.63, 3.8) is 0 Å². The van der Waals surface area contributed by atoms with Crippen LogP contribution in [0.4, 0.5) is 0 Å². The van der Waals surface area contributed by atoms with E-state index in [2.05, 4.69) is 0 Å². The second-order valence-electron chi connectivity index (χ2n) is 2.88. The van der Waals surface area contributed by atoms with Crippen molar-refractivity contribution in [1.82, 2.24) is 0 Å². The largest absolute Gasteiger partial charge is 0.497 e. The van der Waals surface area contributed by atoms with Crippen molar-refractivity contribution in [2.24, 2.45) is 0 Å². The molecule has 0 aliphatic rings. The zero-order chi connectivity index (χ0) is 10.4. The van der Waals surface area contributed by atoms with Crippen molar-refractivity contribution in [3.05, 3.63) is 29.8 Å². The van der Waals surface area contributed by atoms with Gasteiger partial charge in [0.2, 0.25) is 0 Å². The summed E-state index contributed by atoms with van der Waals surface area (Å²) in [6.07, 6.45) is 0.519. The van der Waals surface area contributed by atoms with Crippen molar-refractivity contribution in [2.75, 3.05) is 13.7 Å². The highest BCUT2D eigenvalue weighted by molar-refractivity contribution is 5.85. The van der Waals surface area contributed by atoms with Crippen LogP contribution in [0.2, 0.25) is 0 Å². The molecule has 84 valence electrons. The van der Waals surface area contributed by atoms with Crippen LogP contribution in [0.25, 0.3) is 0 Å². The molecular formula is C11H16ClNO2. The van der Waals surface area contributed by atoms with E-state index < -0.39 is 0 Å². The van der Waals surface area contributed by atoms with Gasteiger partial charge in [0.25, 0.3) is 0 Å². The lowest BCUT2D eigenvalue weighted by molar-refractivity contribution is 0.317. The number of ether oxygens (including phenoxy) is 2. The lowest BCUT2D eigenvalue weighted by Crippen LogP contribution is -2.06. The molecule has 3 nitrogen and oxygen atoms in total. The predicted octanol–water partition coefficient (Wildman–Crippen LogP) is 2.67. The molecule has 1 N–H and O–H groups in total. The second kappa shape index (κ2) is 7.12. The summed E-state index contributed by atoms with van der Waals surface area (Å²) in [5, 5.41) is 7.49. The van der Waals surface area contributed by atoms with Gasteiger partial charge in [-0.3, -0.25) is 5.41 Å². The molecule has 0 saturated carbocycles. The number of rotatable bonds is 4. The van der Waals surface area contributed by atoms with Crippen molar-refractivity contribution >= 4 is 18.3 Å². The Bertz CT molecular complexity index is 315. The fourth-order valence-electron chi connectivity index (χ4n) is 1.19. The fraction of sp³-hybridized carbons (Fsp3) is 0.364. The zero-order valence-corrected chi connectivity index (χ0v) is 9.76. The molecule has 0 fully saturated rings. The second-order valence-corrected chi connectivity index (χ2v) is 2.88. The van der Waals surface area contributed by atoms with Gasteiger partial charge in [-0.2, -0.15) is 0 Å². The summed E-state index contributed by atoms with van der Waals surface area (Å²) >= 11 is 0. The molecule has 0 aliphatic carbocycles. The number of hydrogen-bond donors (Lipinski definition) is 1. The van der Waals surface area contributed by atoms with Crippen molar-refractivity contribution in [1.29, 1.82) is 5.41 Å². The predicted molar refractivity (Wildman–Crippen MR) is 63.3 cm³/mol. The van der Waals surface area contributed by atoms with Crippen LogP contribution >= 0.6 is 12.4 Å². The highest BCUT2D eigenvalue weighted by atomic mass is 35.5. The highest BCUT2D eigenvalue weighted by Gasteiger charge is 2.00. The summed E-state index contributed by atoms with van der Waals surface area (Å²) in [6.45, 7) is 2.42. The molecule has 0 radical (unpaired) electrons. The van der Waals surface area contributed by atoms with E-state index in [1.165, 1.54) is 0 Å². The van der Waals surface area contributed by atoms with Crippen LogP contribution in [0, 0.1) is 5.41 Å². The Balaban J connectivity index is 0.00000196. The quantitative estimate of drug-likeness (QED) is 0.637. The molecule has 4 heteroatoms. The fourth-order valence-corrected chi connectivity index (χ4v) is 1.19. The number of nitrogens with one attached hydrogen (secondary N) is 1. The summed E-state index contributed by atoms with van der Waals surface area (Å²) < 4.78 is 10.1. The Kier molecular flexibility index (Phi) is 6.54. The van der Waals surface area contributed by atoms with Gasteiger partial charge in [-0.05, 0) is 24.6 Å². The molecule has 0 heterocycles. The van der Waals surface area contributed by atoms with Gasteiger partial charge in [0.1, 0.15) is 5.75 Å². The van der Waals surface area contributed by atoms with E-state index >= 15 is 0 Å². The maximum absolute atomic E-state index is 7.49. The molecule has 0 amide bonds. The lowest BCUT2D eigenvalue weighted by Gasteiger charge is -2.06. The van der Waals surface area contributed by atoms with Gasteiger partial charge in [0.15, 0.2) is 5.90 Å². The Morgan fingerprint density at radius 2 is 2.13 bits per heavy atom. The molecule has 0 spiro atoms. The van der Waals surface area contributed by atoms with Crippen molar-refractivity contribution in [2.45, 2.75) is 13.3 Å². The summed E-state index contributed by atoms with van der Waals surface area (Å²) in [5.41, 5.74) is 1.03. The average molecular weight is 230 g/mol. The monoisotopic (exact) mass is 229 g/mol. The zero-order valence-electron chi connectivity index (χ0n) is 8.95. The molecule has 1 rings (SSSR count). The molecule has 0 bridgehead atoms. The molecule has 1 aromatic carbocycles. The number of hydrogen-bond acceptors (Lipinski definition) is 3. The molecule has 1 aromatic rings. The molecule has 0 unspecified atom stereocenters. The third kappa shape index (κ3) is 4.70. The Morgan fingerprint density at radius 3 is 2.73 bits per heavy atom. The summed E-state index contributed by atoms with van der Waals surface area (Å²) in [5.74, 6) is 1.10. The van der Waals surface area contributed by atoms with E-state index in [1.807, 2.05) is 31.2 Å². The standard InChI is InChI=1S/C11H15NO2.ClH/c1-3-14-11(12)8-9-5-4-6-10(7-9)13-2;/h4-7,12H,3,8H2,1-2H3;1H. The SMILES string of the molecule is CCOC(=N)Cc1cccc(OC)c1.Cl. The van der Waals surface area contributed by atoms with Crippen LogP contribution in [0.1, 0.15) is 12.5 Å². The van der Waals surface area contributed by atoms with Crippen LogP contribution in [0.5, 0.6) is 5.75 Å². The van der Waals surface area contributed by atoms with E-state index in [1.54, 1.807) is 7.11 Å². The third-order valence-corrected chi connectivity index (χ3v) is 1.82. The smallest absolute Gasteiger partial charge is 0.184 e. The topological polar surface area (TPSA) is 42.3 Å². The van der Waals surface area contributed by atoms with E-state index in [4.69, 9.17) is 14.9 Å². The van der Waals surface area contributed by atoms with Crippen LogP contribution in [-0.4, -0.2) is 19.6 Å². The Morgan fingerprint density at radius 1 is 1.40 bits per heavy atom. The Hall–Kier alpha value is -1.22. The van der Waals surface area contributed by atoms with Crippen molar-refractivity contribution < 1.29 is 9.47 Å².